The van der Waals surface area contributed by atoms with Crippen LogP contribution in [-0.4, -0.2) is 11.0 Å². The van der Waals surface area contributed by atoms with Gasteiger partial charge >= 0.3 is 0 Å². The zero-order valence-corrected chi connectivity index (χ0v) is 12.0. The summed E-state index contributed by atoms with van der Waals surface area (Å²) in [6.45, 7) is 1.53. The lowest BCUT2D eigenvalue weighted by Crippen LogP contribution is -2.14. The SMILES string of the molecule is Fc1ccc(CNCCCCCCI)cc1F. The Kier molecular flexibility index (Phi) is 7.68. The van der Waals surface area contributed by atoms with Crippen LogP contribution in [0.2, 0.25) is 0 Å². The largest absolute Gasteiger partial charge is 0.313 e. The number of hydrogen-bond acceptors (Lipinski definition) is 1. The molecule has 96 valence electrons. The number of hydrogen-bond donors (Lipinski definition) is 1. The van der Waals surface area contributed by atoms with Crippen molar-refractivity contribution in [1.82, 2.24) is 5.32 Å². The Morgan fingerprint density at radius 2 is 1.76 bits per heavy atom. The number of nitrogens with one attached hydrogen (secondary N) is 1. The Morgan fingerprint density at radius 3 is 2.47 bits per heavy atom. The molecule has 0 atom stereocenters. The van der Waals surface area contributed by atoms with Gasteiger partial charge in [-0.3, -0.25) is 0 Å². The molecular weight excluding hydrogens is 335 g/mol. The van der Waals surface area contributed by atoms with Crippen molar-refractivity contribution in [3.8, 4) is 0 Å². The minimum absolute atomic E-state index is 0.601. The van der Waals surface area contributed by atoms with Gasteiger partial charge in [-0.1, -0.05) is 41.5 Å². The van der Waals surface area contributed by atoms with Crippen molar-refractivity contribution in [2.24, 2.45) is 0 Å². The molecule has 0 aromatic heterocycles. The summed E-state index contributed by atoms with van der Waals surface area (Å²) in [7, 11) is 0. The van der Waals surface area contributed by atoms with Gasteiger partial charge in [0.25, 0.3) is 0 Å². The molecule has 0 amide bonds. The van der Waals surface area contributed by atoms with Crippen LogP contribution in [0.3, 0.4) is 0 Å². The molecule has 0 aliphatic rings. The van der Waals surface area contributed by atoms with Crippen LogP contribution in [0.4, 0.5) is 8.78 Å². The molecule has 17 heavy (non-hydrogen) atoms. The fourth-order valence-corrected chi connectivity index (χ4v) is 2.12. The average molecular weight is 353 g/mol. The predicted molar refractivity (Wildman–Crippen MR) is 75.4 cm³/mol. The fourth-order valence-electron chi connectivity index (χ4n) is 1.58. The van der Waals surface area contributed by atoms with Gasteiger partial charge in [-0.05, 0) is 41.5 Å². The molecule has 1 aromatic rings. The fraction of sp³-hybridized carbons (Fsp3) is 0.538. The van der Waals surface area contributed by atoms with E-state index in [1.165, 1.54) is 35.8 Å². The Hall–Kier alpha value is -0.230. The molecule has 0 saturated carbocycles. The van der Waals surface area contributed by atoms with Crippen molar-refractivity contribution in [3.63, 3.8) is 0 Å². The highest BCUT2D eigenvalue weighted by molar-refractivity contribution is 14.1. The lowest BCUT2D eigenvalue weighted by molar-refractivity contribution is 0.505. The molecule has 0 unspecified atom stereocenters. The number of unbranched alkanes of at least 4 members (excludes halogenated alkanes) is 3. The molecule has 1 aromatic carbocycles. The third kappa shape index (κ3) is 6.31. The predicted octanol–water partition coefficient (Wildman–Crippen LogP) is 4.05. The van der Waals surface area contributed by atoms with Crippen LogP contribution < -0.4 is 5.32 Å². The normalized spacial score (nSPS) is 10.8. The maximum absolute atomic E-state index is 12.9. The van der Waals surface area contributed by atoms with Crippen LogP contribution in [0, 0.1) is 11.6 Å². The third-order valence-electron chi connectivity index (χ3n) is 2.55. The van der Waals surface area contributed by atoms with E-state index >= 15 is 0 Å². The molecule has 0 fully saturated rings. The van der Waals surface area contributed by atoms with Crippen LogP contribution in [0.5, 0.6) is 0 Å². The van der Waals surface area contributed by atoms with E-state index < -0.39 is 11.6 Å². The van der Waals surface area contributed by atoms with Gasteiger partial charge in [0.1, 0.15) is 0 Å². The first kappa shape index (κ1) is 14.8. The molecule has 0 saturated heterocycles. The number of rotatable bonds is 8. The standard InChI is InChI=1S/C13H18F2IN/c14-12-6-5-11(9-13(12)15)10-17-8-4-2-1-3-7-16/h5-6,9,17H,1-4,7-8,10H2. The van der Waals surface area contributed by atoms with E-state index in [-0.39, 0.29) is 0 Å². The van der Waals surface area contributed by atoms with Crippen LogP contribution in [0.1, 0.15) is 31.2 Å². The summed E-state index contributed by atoms with van der Waals surface area (Å²) < 4.78 is 26.8. The topological polar surface area (TPSA) is 12.0 Å². The van der Waals surface area contributed by atoms with Gasteiger partial charge in [0.2, 0.25) is 0 Å². The highest BCUT2D eigenvalue weighted by atomic mass is 127. The smallest absolute Gasteiger partial charge is 0.159 e. The number of alkyl halides is 1. The minimum atomic E-state index is -0.785. The quantitative estimate of drug-likeness (QED) is 0.422. The Morgan fingerprint density at radius 1 is 1.00 bits per heavy atom. The second-order valence-electron chi connectivity index (χ2n) is 4.03. The molecule has 0 radical (unpaired) electrons. The van der Waals surface area contributed by atoms with Crippen molar-refractivity contribution >= 4 is 22.6 Å². The van der Waals surface area contributed by atoms with Gasteiger partial charge in [0, 0.05) is 6.54 Å². The first-order valence-electron chi connectivity index (χ1n) is 5.94. The lowest BCUT2D eigenvalue weighted by atomic mass is 10.2. The molecule has 1 N–H and O–H groups in total. The van der Waals surface area contributed by atoms with E-state index in [9.17, 15) is 8.78 Å². The molecule has 0 aliphatic heterocycles. The summed E-state index contributed by atoms with van der Waals surface area (Å²) in [5, 5.41) is 3.23. The molecule has 1 nitrogen and oxygen atoms in total. The molecule has 0 aliphatic carbocycles. The molecule has 0 heterocycles. The molecule has 4 heteroatoms. The molecular formula is C13H18F2IN. The zero-order valence-electron chi connectivity index (χ0n) is 9.82. The molecule has 0 spiro atoms. The summed E-state index contributed by atoms with van der Waals surface area (Å²) in [5.41, 5.74) is 0.788. The maximum atomic E-state index is 12.9. The third-order valence-corrected chi connectivity index (χ3v) is 3.31. The van der Waals surface area contributed by atoms with Gasteiger partial charge < -0.3 is 5.32 Å². The van der Waals surface area contributed by atoms with Gasteiger partial charge in [0.05, 0.1) is 0 Å². The highest BCUT2D eigenvalue weighted by Gasteiger charge is 2.01. The van der Waals surface area contributed by atoms with Crippen LogP contribution >= 0.6 is 22.6 Å². The van der Waals surface area contributed by atoms with Gasteiger partial charge in [0.15, 0.2) is 11.6 Å². The summed E-state index contributed by atoms with van der Waals surface area (Å²) in [6, 6.07) is 4.03. The van der Waals surface area contributed by atoms with Gasteiger partial charge in [-0.25, -0.2) is 8.78 Å². The van der Waals surface area contributed by atoms with Crippen LogP contribution in [0.15, 0.2) is 18.2 Å². The van der Waals surface area contributed by atoms with Crippen molar-refractivity contribution in [2.45, 2.75) is 32.2 Å². The first-order chi connectivity index (χ1) is 8.24. The molecule has 1 rings (SSSR count). The second kappa shape index (κ2) is 8.80. The lowest BCUT2D eigenvalue weighted by Gasteiger charge is -2.05. The van der Waals surface area contributed by atoms with Crippen molar-refractivity contribution < 1.29 is 8.78 Å². The second-order valence-corrected chi connectivity index (χ2v) is 5.11. The monoisotopic (exact) mass is 353 g/mol. The zero-order chi connectivity index (χ0) is 12.5. The van der Waals surface area contributed by atoms with Crippen molar-refractivity contribution in [3.05, 3.63) is 35.4 Å². The van der Waals surface area contributed by atoms with Gasteiger partial charge in [-0.2, -0.15) is 0 Å². The first-order valence-corrected chi connectivity index (χ1v) is 7.47. The van der Waals surface area contributed by atoms with E-state index in [1.54, 1.807) is 6.07 Å². The van der Waals surface area contributed by atoms with E-state index in [1.807, 2.05) is 0 Å². The van der Waals surface area contributed by atoms with Crippen LogP contribution in [-0.2, 0) is 6.54 Å². The van der Waals surface area contributed by atoms with E-state index in [0.29, 0.717) is 6.54 Å². The Bertz CT molecular complexity index is 331. The summed E-state index contributed by atoms with van der Waals surface area (Å²) in [4.78, 5) is 0. The number of halogens is 3. The highest BCUT2D eigenvalue weighted by Crippen LogP contribution is 2.08. The summed E-state index contributed by atoms with van der Waals surface area (Å²) in [5.74, 6) is -1.56. The van der Waals surface area contributed by atoms with E-state index in [2.05, 4.69) is 27.9 Å². The summed E-state index contributed by atoms with van der Waals surface area (Å²) in [6.07, 6.45) is 4.92. The minimum Gasteiger partial charge on any atom is -0.313 e. The van der Waals surface area contributed by atoms with Gasteiger partial charge in [-0.15, -0.1) is 0 Å². The average Bonchev–Trinajstić information content (AvgIpc) is 2.32. The maximum Gasteiger partial charge on any atom is 0.159 e. The Balaban J connectivity index is 2.11. The van der Waals surface area contributed by atoms with Crippen LogP contribution in [0.25, 0.3) is 0 Å². The van der Waals surface area contributed by atoms with Crippen molar-refractivity contribution in [1.29, 1.82) is 0 Å². The Labute approximate surface area is 115 Å². The molecule has 0 bridgehead atoms. The summed E-state index contributed by atoms with van der Waals surface area (Å²) >= 11 is 2.39. The number of benzene rings is 1. The van der Waals surface area contributed by atoms with Crippen molar-refractivity contribution in [2.75, 3.05) is 11.0 Å². The van der Waals surface area contributed by atoms with E-state index in [0.717, 1.165) is 18.5 Å². The van der Waals surface area contributed by atoms with E-state index in [4.69, 9.17) is 0 Å².